The van der Waals surface area contributed by atoms with Gasteiger partial charge in [-0.2, -0.15) is 0 Å². The maximum absolute atomic E-state index is 11.8. The molecule has 1 N–H and O–H groups in total. The second-order valence-electron chi connectivity index (χ2n) is 4.26. The summed E-state index contributed by atoms with van der Waals surface area (Å²) < 4.78 is 5.35. The van der Waals surface area contributed by atoms with E-state index in [-0.39, 0.29) is 12.5 Å². The molecule has 0 aliphatic carbocycles. The fourth-order valence-corrected chi connectivity index (χ4v) is 2.01. The molecule has 2 rings (SSSR count). The molecule has 5 heteroatoms. The summed E-state index contributed by atoms with van der Waals surface area (Å²) in [6.45, 7) is 1.83. The number of hydrogen-bond acceptors (Lipinski definition) is 2. The Hall–Kier alpha value is -1.71. The summed E-state index contributed by atoms with van der Waals surface area (Å²) in [4.78, 5) is 11.8. The largest absolute Gasteiger partial charge is 0.482 e. The van der Waals surface area contributed by atoms with E-state index in [0.717, 1.165) is 11.3 Å². The van der Waals surface area contributed by atoms with Crippen LogP contribution in [0.15, 0.2) is 42.5 Å². The summed E-state index contributed by atoms with van der Waals surface area (Å²) >= 11 is 11.8. The Morgan fingerprint density at radius 3 is 2.70 bits per heavy atom. The van der Waals surface area contributed by atoms with Crippen molar-refractivity contribution in [3.05, 3.63) is 58.1 Å². The Bertz CT molecular complexity index is 629. The molecular weight excluding hydrogens is 297 g/mol. The van der Waals surface area contributed by atoms with E-state index in [2.05, 4.69) is 5.32 Å². The summed E-state index contributed by atoms with van der Waals surface area (Å²) in [6, 6.07) is 12.6. The summed E-state index contributed by atoms with van der Waals surface area (Å²) in [5, 5.41) is 3.44. The smallest absolute Gasteiger partial charge is 0.262 e. The molecule has 104 valence electrons. The maximum Gasteiger partial charge on any atom is 0.262 e. The number of carbonyl (C=O) groups excluding carboxylic acids is 1. The van der Waals surface area contributed by atoms with E-state index >= 15 is 0 Å². The van der Waals surface area contributed by atoms with Crippen molar-refractivity contribution >= 4 is 34.8 Å². The second-order valence-corrected chi connectivity index (χ2v) is 5.04. The zero-order chi connectivity index (χ0) is 14.5. The summed E-state index contributed by atoms with van der Waals surface area (Å²) in [6.07, 6.45) is 0. The van der Waals surface area contributed by atoms with Gasteiger partial charge < -0.3 is 10.1 Å². The minimum absolute atomic E-state index is 0.131. The molecule has 3 nitrogen and oxygen atoms in total. The van der Waals surface area contributed by atoms with Gasteiger partial charge in [-0.05, 0) is 36.8 Å². The first-order chi connectivity index (χ1) is 9.56. The average molecular weight is 310 g/mol. The summed E-state index contributed by atoms with van der Waals surface area (Å²) in [5.74, 6) is 0.130. The van der Waals surface area contributed by atoms with Crippen LogP contribution in [-0.2, 0) is 4.79 Å². The number of rotatable bonds is 4. The second kappa shape index (κ2) is 6.64. The normalized spacial score (nSPS) is 10.2. The fourth-order valence-electron chi connectivity index (χ4n) is 1.66. The molecule has 0 aliphatic rings. The third-order valence-electron chi connectivity index (χ3n) is 2.58. The van der Waals surface area contributed by atoms with Crippen molar-refractivity contribution in [1.29, 1.82) is 0 Å². The molecule has 0 radical (unpaired) electrons. The lowest BCUT2D eigenvalue weighted by atomic mass is 10.2. The monoisotopic (exact) mass is 309 g/mol. The lowest BCUT2D eigenvalue weighted by Crippen LogP contribution is -2.20. The van der Waals surface area contributed by atoms with Gasteiger partial charge in [-0.15, -0.1) is 0 Å². The quantitative estimate of drug-likeness (QED) is 0.913. The van der Waals surface area contributed by atoms with Crippen LogP contribution in [0.1, 0.15) is 5.56 Å². The van der Waals surface area contributed by atoms with Crippen molar-refractivity contribution in [2.75, 3.05) is 11.9 Å². The van der Waals surface area contributed by atoms with E-state index in [4.69, 9.17) is 27.9 Å². The third kappa shape index (κ3) is 3.89. The van der Waals surface area contributed by atoms with Gasteiger partial charge in [0, 0.05) is 5.69 Å². The minimum Gasteiger partial charge on any atom is -0.482 e. The Morgan fingerprint density at radius 1 is 1.20 bits per heavy atom. The van der Waals surface area contributed by atoms with Crippen molar-refractivity contribution in [3.63, 3.8) is 0 Å². The molecule has 0 unspecified atom stereocenters. The number of nitrogens with one attached hydrogen (secondary N) is 1. The fraction of sp³-hybridized carbons (Fsp3) is 0.133. The maximum atomic E-state index is 11.8. The van der Waals surface area contributed by atoms with Crippen molar-refractivity contribution in [1.82, 2.24) is 0 Å². The Labute approximate surface area is 127 Å². The number of amides is 1. The van der Waals surface area contributed by atoms with Gasteiger partial charge in [-0.3, -0.25) is 4.79 Å². The van der Waals surface area contributed by atoms with Crippen LogP contribution in [0.4, 0.5) is 5.69 Å². The Kier molecular flexibility index (Phi) is 4.88. The number of aryl methyl sites for hydroxylation is 1. The average Bonchev–Trinajstić information content (AvgIpc) is 2.40. The van der Waals surface area contributed by atoms with Gasteiger partial charge in [-0.25, -0.2) is 0 Å². The number of ether oxygens (including phenoxy) is 1. The molecule has 0 heterocycles. The molecule has 2 aromatic rings. The highest BCUT2D eigenvalue weighted by atomic mass is 35.5. The number of anilines is 1. The first-order valence-electron chi connectivity index (χ1n) is 5.99. The number of hydrogen-bond donors (Lipinski definition) is 1. The van der Waals surface area contributed by atoms with Crippen LogP contribution in [0, 0.1) is 6.92 Å². The van der Waals surface area contributed by atoms with Crippen LogP contribution in [0.25, 0.3) is 0 Å². The van der Waals surface area contributed by atoms with E-state index in [1.165, 1.54) is 0 Å². The van der Waals surface area contributed by atoms with Crippen LogP contribution < -0.4 is 10.1 Å². The highest BCUT2D eigenvalue weighted by Crippen LogP contribution is 2.31. The third-order valence-corrected chi connectivity index (χ3v) is 3.38. The topological polar surface area (TPSA) is 38.3 Å². The van der Waals surface area contributed by atoms with Crippen LogP contribution in [0.5, 0.6) is 5.75 Å². The van der Waals surface area contributed by atoms with Crippen LogP contribution >= 0.6 is 23.2 Å². The van der Waals surface area contributed by atoms with Crippen molar-refractivity contribution in [2.24, 2.45) is 0 Å². The van der Waals surface area contributed by atoms with E-state index in [1.807, 2.05) is 31.2 Å². The molecule has 0 fully saturated rings. The minimum atomic E-state index is -0.258. The van der Waals surface area contributed by atoms with Crippen LogP contribution in [0.2, 0.25) is 10.0 Å². The van der Waals surface area contributed by atoms with Gasteiger partial charge in [-0.1, -0.05) is 41.4 Å². The van der Waals surface area contributed by atoms with E-state index in [0.29, 0.717) is 15.8 Å². The van der Waals surface area contributed by atoms with Gasteiger partial charge in [0.15, 0.2) is 6.61 Å². The molecule has 0 saturated heterocycles. The highest BCUT2D eigenvalue weighted by molar-refractivity contribution is 6.42. The highest BCUT2D eigenvalue weighted by Gasteiger charge is 2.08. The number of benzene rings is 2. The molecule has 0 aromatic heterocycles. The Balaban J connectivity index is 1.94. The molecule has 0 bridgehead atoms. The van der Waals surface area contributed by atoms with Crippen LogP contribution in [-0.4, -0.2) is 12.5 Å². The molecule has 0 spiro atoms. The van der Waals surface area contributed by atoms with Gasteiger partial charge in [0.1, 0.15) is 10.8 Å². The summed E-state index contributed by atoms with van der Waals surface area (Å²) in [7, 11) is 0. The van der Waals surface area contributed by atoms with Crippen molar-refractivity contribution in [3.8, 4) is 5.75 Å². The van der Waals surface area contributed by atoms with E-state index < -0.39 is 0 Å². The van der Waals surface area contributed by atoms with Gasteiger partial charge in [0.25, 0.3) is 5.91 Å². The van der Waals surface area contributed by atoms with E-state index in [1.54, 1.807) is 18.2 Å². The molecule has 20 heavy (non-hydrogen) atoms. The van der Waals surface area contributed by atoms with Crippen LogP contribution in [0.3, 0.4) is 0 Å². The molecule has 0 atom stereocenters. The number of carbonyl (C=O) groups is 1. The molecule has 0 saturated carbocycles. The predicted octanol–water partition coefficient (Wildman–Crippen LogP) is 4.32. The lowest BCUT2D eigenvalue weighted by molar-refractivity contribution is -0.118. The van der Waals surface area contributed by atoms with Gasteiger partial charge in [0.05, 0.1) is 5.02 Å². The molecule has 2 aromatic carbocycles. The number of halogens is 2. The summed E-state index contributed by atoms with van der Waals surface area (Å²) in [5.41, 5.74) is 1.80. The van der Waals surface area contributed by atoms with Crippen molar-refractivity contribution < 1.29 is 9.53 Å². The van der Waals surface area contributed by atoms with Crippen molar-refractivity contribution in [2.45, 2.75) is 6.92 Å². The molecule has 1 amide bonds. The standard InChI is InChI=1S/C15H13Cl2NO2/c1-10-4-2-5-11(8-10)18-14(19)9-20-13-7-3-6-12(16)15(13)17/h2-8H,9H2,1H3,(H,18,19). The van der Waals surface area contributed by atoms with Gasteiger partial charge in [0.2, 0.25) is 0 Å². The SMILES string of the molecule is Cc1cccc(NC(=O)COc2cccc(Cl)c2Cl)c1. The predicted molar refractivity (Wildman–Crippen MR) is 81.8 cm³/mol. The van der Waals surface area contributed by atoms with E-state index in [9.17, 15) is 4.79 Å². The zero-order valence-corrected chi connectivity index (χ0v) is 12.3. The first-order valence-corrected chi connectivity index (χ1v) is 6.75. The van der Waals surface area contributed by atoms with Gasteiger partial charge >= 0.3 is 0 Å². The first kappa shape index (κ1) is 14.7. The molecule has 0 aliphatic heterocycles. The lowest BCUT2D eigenvalue weighted by Gasteiger charge is -2.09. The molecular formula is C15H13Cl2NO2. The Morgan fingerprint density at radius 2 is 1.95 bits per heavy atom. The zero-order valence-electron chi connectivity index (χ0n) is 10.8.